The zero-order chi connectivity index (χ0) is 22.1. The van der Waals surface area contributed by atoms with Crippen molar-refractivity contribution in [1.82, 2.24) is 25.1 Å². The summed E-state index contributed by atoms with van der Waals surface area (Å²) >= 11 is 12.5. The fourth-order valence-electron chi connectivity index (χ4n) is 3.38. The molecule has 162 valence electrons. The van der Waals surface area contributed by atoms with Crippen LogP contribution in [0.3, 0.4) is 0 Å². The van der Waals surface area contributed by atoms with E-state index in [0.717, 1.165) is 6.54 Å². The molecule has 2 heterocycles. The monoisotopic (exact) mass is 461 g/mol. The predicted molar refractivity (Wildman–Crippen MR) is 108 cm³/mol. The molecule has 2 amide bonds. The van der Waals surface area contributed by atoms with E-state index >= 15 is 0 Å². The minimum atomic E-state index is -4.77. The lowest BCUT2D eigenvalue weighted by atomic mass is 10.0. The maximum atomic E-state index is 13.8. The number of halogens is 5. The fraction of sp³-hybridized carbons (Fsp3) is 0.421. The number of rotatable bonds is 4. The molecule has 0 bridgehead atoms. The number of benzene rings is 1. The van der Waals surface area contributed by atoms with Gasteiger partial charge in [-0.1, -0.05) is 35.3 Å². The van der Waals surface area contributed by atoms with Crippen molar-refractivity contribution >= 4 is 29.2 Å². The van der Waals surface area contributed by atoms with Crippen molar-refractivity contribution in [3.05, 3.63) is 46.3 Å². The minimum absolute atomic E-state index is 0.0936. The van der Waals surface area contributed by atoms with Crippen molar-refractivity contribution in [3.63, 3.8) is 0 Å². The van der Waals surface area contributed by atoms with Crippen LogP contribution in [0.4, 0.5) is 18.0 Å². The van der Waals surface area contributed by atoms with E-state index in [4.69, 9.17) is 23.2 Å². The van der Waals surface area contributed by atoms with E-state index < -0.39 is 18.2 Å². The number of urea groups is 1. The summed E-state index contributed by atoms with van der Waals surface area (Å²) in [6, 6.07) is -0.731. The molecule has 0 spiro atoms. The Morgan fingerprint density at radius 1 is 1.30 bits per heavy atom. The molecule has 1 aromatic heterocycles. The van der Waals surface area contributed by atoms with Crippen LogP contribution < -0.4 is 5.32 Å². The van der Waals surface area contributed by atoms with Gasteiger partial charge >= 0.3 is 12.2 Å². The SMILES string of the molecule is CN1CCC(N(C)C(=O)NC(c2ccc(-c3cnccn3)c(Cl)c2Cl)C(F)(F)F)C1. The van der Waals surface area contributed by atoms with Gasteiger partial charge in [-0.05, 0) is 20.0 Å². The average molecular weight is 462 g/mol. The topological polar surface area (TPSA) is 61.4 Å². The summed E-state index contributed by atoms with van der Waals surface area (Å²) < 4.78 is 41.5. The standard InChI is InChI=1S/C19H20Cl2F3N5O/c1-28-8-5-11(10-28)29(2)18(30)27-17(19(22,23)24)13-4-3-12(15(20)16(13)21)14-9-25-6-7-26-14/h3-4,6-7,9,11,17H,5,8,10H2,1-2H3,(H,27,30). The quantitative estimate of drug-likeness (QED) is 0.732. The highest BCUT2D eigenvalue weighted by atomic mass is 35.5. The van der Waals surface area contributed by atoms with Crippen LogP contribution in [0, 0.1) is 0 Å². The van der Waals surface area contributed by atoms with E-state index in [1.165, 1.54) is 42.7 Å². The van der Waals surface area contributed by atoms with Crippen molar-refractivity contribution in [2.75, 3.05) is 27.2 Å². The molecule has 2 atom stereocenters. The molecule has 1 aromatic carbocycles. The third-order valence-electron chi connectivity index (χ3n) is 5.09. The average Bonchev–Trinajstić information content (AvgIpc) is 3.14. The Kier molecular flexibility index (Phi) is 6.74. The molecule has 11 heteroatoms. The first kappa shape index (κ1) is 22.6. The number of nitrogens with zero attached hydrogens (tertiary/aromatic N) is 4. The van der Waals surface area contributed by atoms with Gasteiger partial charge in [0, 0.05) is 43.2 Å². The van der Waals surface area contributed by atoms with Gasteiger partial charge in [0.1, 0.15) is 0 Å². The Hall–Kier alpha value is -2.10. The number of likely N-dealkylation sites (N-methyl/N-ethyl adjacent to an activating group) is 2. The molecular weight excluding hydrogens is 442 g/mol. The molecule has 3 rings (SSSR count). The largest absolute Gasteiger partial charge is 0.412 e. The Morgan fingerprint density at radius 2 is 2.03 bits per heavy atom. The Labute approximate surface area is 182 Å². The van der Waals surface area contributed by atoms with E-state index in [1.54, 1.807) is 0 Å². The summed E-state index contributed by atoms with van der Waals surface area (Å²) in [6.45, 7) is 1.37. The number of carbonyl (C=O) groups excluding carboxylic acids is 1. The van der Waals surface area contributed by atoms with Gasteiger partial charge in [0.25, 0.3) is 0 Å². The summed E-state index contributed by atoms with van der Waals surface area (Å²) in [4.78, 5) is 23.9. The molecule has 1 aliphatic rings. The summed E-state index contributed by atoms with van der Waals surface area (Å²) in [6.07, 6.45) is 0.234. The zero-order valence-electron chi connectivity index (χ0n) is 16.2. The summed E-state index contributed by atoms with van der Waals surface area (Å²) in [5, 5.41) is 1.67. The number of nitrogens with one attached hydrogen (secondary N) is 1. The fourth-order valence-corrected chi connectivity index (χ4v) is 3.92. The van der Waals surface area contributed by atoms with Gasteiger partial charge in [0.2, 0.25) is 0 Å². The second-order valence-electron chi connectivity index (χ2n) is 7.16. The number of hydrogen-bond acceptors (Lipinski definition) is 4. The molecule has 6 nitrogen and oxygen atoms in total. The number of alkyl halides is 3. The molecule has 0 radical (unpaired) electrons. The molecule has 2 unspecified atom stereocenters. The first-order valence-electron chi connectivity index (χ1n) is 9.12. The lowest BCUT2D eigenvalue weighted by Gasteiger charge is -2.29. The first-order chi connectivity index (χ1) is 14.1. The maximum absolute atomic E-state index is 13.8. The molecule has 0 aliphatic carbocycles. The lowest BCUT2D eigenvalue weighted by Crippen LogP contribution is -2.48. The van der Waals surface area contributed by atoms with E-state index in [9.17, 15) is 18.0 Å². The second kappa shape index (κ2) is 8.95. The van der Waals surface area contributed by atoms with Gasteiger partial charge in [-0.15, -0.1) is 0 Å². The van der Waals surface area contributed by atoms with E-state index in [0.29, 0.717) is 24.2 Å². The van der Waals surface area contributed by atoms with Crippen LogP contribution in [-0.2, 0) is 0 Å². The number of carbonyl (C=O) groups is 1. The molecular formula is C19H20Cl2F3N5O. The molecule has 2 aromatic rings. The molecule has 0 saturated carbocycles. The van der Waals surface area contributed by atoms with Gasteiger partial charge in [-0.3, -0.25) is 9.97 Å². The lowest BCUT2D eigenvalue weighted by molar-refractivity contribution is -0.155. The number of aromatic nitrogens is 2. The highest BCUT2D eigenvalue weighted by molar-refractivity contribution is 6.44. The number of amides is 2. The van der Waals surface area contributed by atoms with Crippen molar-refractivity contribution in [2.45, 2.75) is 24.7 Å². The Bertz CT molecular complexity index is 913. The van der Waals surface area contributed by atoms with Crippen LogP contribution in [0.25, 0.3) is 11.3 Å². The van der Waals surface area contributed by atoms with Crippen LogP contribution in [0.5, 0.6) is 0 Å². The normalized spacial score (nSPS) is 18.3. The van der Waals surface area contributed by atoms with Crippen molar-refractivity contribution in [1.29, 1.82) is 0 Å². The molecule has 1 saturated heterocycles. The Morgan fingerprint density at radius 3 is 2.60 bits per heavy atom. The zero-order valence-corrected chi connectivity index (χ0v) is 17.8. The summed E-state index contributed by atoms with van der Waals surface area (Å²) in [7, 11) is 3.38. The van der Waals surface area contributed by atoms with Crippen LogP contribution in [0.1, 0.15) is 18.0 Å². The van der Waals surface area contributed by atoms with Crippen molar-refractivity contribution < 1.29 is 18.0 Å². The molecule has 1 N–H and O–H groups in total. The minimum Gasteiger partial charge on any atom is -0.324 e. The highest BCUT2D eigenvalue weighted by Gasteiger charge is 2.44. The van der Waals surface area contributed by atoms with E-state index in [1.807, 2.05) is 11.9 Å². The smallest absolute Gasteiger partial charge is 0.324 e. The van der Waals surface area contributed by atoms with Gasteiger partial charge in [0.05, 0.1) is 21.9 Å². The van der Waals surface area contributed by atoms with Gasteiger partial charge in [0.15, 0.2) is 6.04 Å². The Balaban J connectivity index is 1.89. The first-order valence-corrected chi connectivity index (χ1v) is 9.88. The highest BCUT2D eigenvalue weighted by Crippen LogP contribution is 2.42. The third kappa shape index (κ3) is 4.79. The van der Waals surface area contributed by atoms with Crippen LogP contribution in [0.15, 0.2) is 30.7 Å². The van der Waals surface area contributed by atoms with Crippen molar-refractivity contribution in [3.8, 4) is 11.3 Å². The summed E-state index contributed by atoms with van der Waals surface area (Å²) in [5.41, 5.74) is 0.373. The number of likely N-dealkylation sites (tertiary alicyclic amines) is 1. The molecule has 1 aliphatic heterocycles. The van der Waals surface area contributed by atoms with Crippen LogP contribution >= 0.6 is 23.2 Å². The summed E-state index contributed by atoms with van der Waals surface area (Å²) in [5.74, 6) is 0. The third-order valence-corrected chi connectivity index (χ3v) is 5.99. The maximum Gasteiger partial charge on any atom is 0.412 e. The van der Waals surface area contributed by atoms with Crippen LogP contribution in [-0.4, -0.2) is 65.2 Å². The van der Waals surface area contributed by atoms with E-state index in [2.05, 4.69) is 15.3 Å². The van der Waals surface area contributed by atoms with Gasteiger partial charge in [-0.2, -0.15) is 13.2 Å². The van der Waals surface area contributed by atoms with Crippen molar-refractivity contribution in [2.24, 2.45) is 0 Å². The molecule has 1 fully saturated rings. The van der Waals surface area contributed by atoms with Crippen LogP contribution in [0.2, 0.25) is 10.0 Å². The van der Waals surface area contributed by atoms with Gasteiger partial charge in [-0.25, -0.2) is 4.79 Å². The van der Waals surface area contributed by atoms with E-state index in [-0.39, 0.29) is 21.7 Å². The molecule has 30 heavy (non-hydrogen) atoms. The number of hydrogen-bond donors (Lipinski definition) is 1. The second-order valence-corrected chi connectivity index (χ2v) is 7.92. The predicted octanol–water partition coefficient (Wildman–Crippen LogP) is 4.40. The van der Waals surface area contributed by atoms with Gasteiger partial charge < -0.3 is 15.1 Å².